The van der Waals surface area contributed by atoms with Gasteiger partial charge in [0.1, 0.15) is 6.29 Å². The monoisotopic (exact) mass is 238 g/mol. The van der Waals surface area contributed by atoms with Crippen molar-refractivity contribution in [3.8, 4) is 0 Å². The van der Waals surface area contributed by atoms with E-state index in [-0.39, 0.29) is 6.61 Å². The van der Waals surface area contributed by atoms with Gasteiger partial charge < -0.3 is 5.11 Å². The van der Waals surface area contributed by atoms with Crippen molar-refractivity contribution in [2.45, 2.75) is 6.61 Å². The Morgan fingerprint density at radius 3 is 1.67 bits per heavy atom. The van der Waals surface area contributed by atoms with Crippen LogP contribution in [0.1, 0.15) is 27.0 Å². The van der Waals surface area contributed by atoms with E-state index in [0.717, 1.165) is 23.0 Å². The van der Waals surface area contributed by atoms with Crippen LogP contribution in [-0.4, -0.2) is 11.4 Å². The highest BCUT2D eigenvalue weighted by molar-refractivity contribution is 5.76. The standard InChI is InChI=1S/C16H14O2/c17-11-15-7-3-13(4-8-15)1-2-14-5-9-16(12-18)10-6-14/h1-11,18H,12H2/b2-1+. The quantitative estimate of drug-likeness (QED) is 0.656. The van der Waals surface area contributed by atoms with Crippen LogP contribution in [0, 0.1) is 0 Å². The largest absolute Gasteiger partial charge is 0.392 e. The third-order valence-corrected chi connectivity index (χ3v) is 2.70. The first kappa shape index (κ1) is 12.3. The van der Waals surface area contributed by atoms with Gasteiger partial charge in [-0.1, -0.05) is 60.7 Å². The highest BCUT2D eigenvalue weighted by Crippen LogP contribution is 2.10. The fourth-order valence-corrected chi connectivity index (χ4v) is 1.61. The zero-order valence-electron chi connectivity index (χ0n) is 9.91. The average Bonchev–Trinajstić information content (AvgIpc) is 2.46. The first-order chi connectivity index (χ1) is 8.81. The van der Waals surface area contributed by atoms with E-state index in [1.165, 1.54) is 0 Å². The molecule has 0 atom stereocenters. The predicted octanol–water partition coefficient (Wildman–Crippen LogP) is 3.16. The summed E-state index contributed by atoms with van der Waals surface area (Å²) < 4.78 is 0. The second-order valence-corrected chi connectivity index (χ2v) is 4.02. The Hall–Kier alpha value is -2.19. The molecule has 0 aliphatic rings. The summed E-state index contributed by atoms with van der Waals surface area (Å²) in [6.07, 6.45) is 4.82. The number of carbonyl (C=O) groups excluding carboxylic acids is 1. The Labute approximate surface area is 106 Å². The molecule has 2 heteroatoms. The normalized spacial score (nSPS) is 10.7. The third kappa shape index (κ3) is 3.15. The predicted molar refractivity (Wildman–Crippen MR) is 73.1 cm³/mol. The summed E-state index contributed by atoms with van der Waals surface area (Å²) in [7, 11) is 0. The van der Waals surface area contributed by atoms with Crippen LogP contribution in [-0.2, 0) is 6.61 Å². The van der Waals surface area contributed by atoms with Crippen LogP contribution in [0.4, 0.5) is 0 Å². The smallest absolute Gasteiger partial charge is 0.150 e. The minimum Gasteiger partial charge on any atom is -0.392 e. The van der Waals surface area contributed by atoms with Crippen molar-refractivity contribution in [2.75, 3.05) is 0 Å². The summed E-state index contributed by atoms with van der Waals surface area (Å²) in [6.45, 7) is 0.0666. The van der Waals surface area contributed by atoms with Crippen molar-refractivity contribution in [1.29, 1.82) is 0 Å². The Bertz CT molecular complexity index is 536. The zero-order valence-corrected chi connectivity index (χ0v) is 9.91. The number of aliphatic hydroxyl groups is 1. The minimum atomic E-state index is 0.0666. The van der Waals surface area contributed by atoms with E-state index in [4.69, 9.17) is 5.11 Å². The molecule has 0 saturated carbocycles. The number of hydrogen-bond acceptors (Lipinski definition) is 2. The molecule has 2 aromatic rings. The first-order valence-corrected chi connectivity index (χ1v) is 5.75. The van der Waals surface area contributed by atoms with Crippen LogP contribution in [0.15, 0.2) is 48.5 Å². The molecule has 0 bridgehead atoms. The van der Waals surface area contributed by atoms with Crippen LogP contribution >= 0.6 is 0 Å². The summed E-state index contributed by atoms with van der Waals surface area (Å²) in [4.78, 5) is 10.5. The van der Waals surface area contributed by atoms with E-state index >= 15 is 0 Å². The van der Waals surface area contributed by atoms with Crippen LogP contribution in [0.5, 0.6) is 0 Å². The molecular formula is C16H14O2. The lowest BCUT2D eigenvalue weighted by Crippen LogP contribution is -1.82. The van der Waals surface area contributed by atoms with Gasteiger partial charge in [0.15, 0.2) is 0 Å². The molecule has 18 heavy (non-hydrogen) atoms. The molecule has 0 unspecified atom stereocenters. The van der Waals surface area contributed by atoms with Gasteiger partial charge in [0.25, 0.3) is 0 Å². The Morgan fingerprint density at radius 2 is 1.22 bits per heavy atom. The molecule has 2 nitrogen and oxygen atoms in total. The second-order valence-electron chi connectivity index (χ2n) is 4.02. The van der Waals surface area contributed by atoms with E-state index in [2.05, 4.69) is 0 Å². The molecule has 0 spiro atoms. The van der Waals surface area contributed by atoms with Gasteiger partial charge in [-0.15, -0.1) is 0 Å². The Morgan fingerprint density at radius 1 is 0.778 bits per heavy atom. The molecule has 1 N–H and O–H groups in total. The van der Waals surface area contributed by atoms with Crippen molar-refractivity contribution in [2.24, 2.45) is 0 Å². The molecule has 2 rings (SSSR count). The van der Waals surface area contributed by atoms with Crippen molar-refractivity contribution < 1.29 is 9.90 Å². The van der Waals surface area contributed by atoms with Gasteiger partial charge in [-0.25, -0.2) is 0 Å². The third-order valence-electron chi connectivity index (χ3n) is 2.70. The number of aliphatic hydroxyl groups excluding tert-OH is 1. The van der Waals surface area contributed by atoms with Gasteiger partial charge in [-0.2, -0.15) is 0 Å². The van der Waals surface area contributed by atoms with Gasteiger partial charge in [0.2, 0.25) is 0 Å². The van der Waals surface area contributed by atoms with Crippen molar-refractivity contribution in [3.05, 3.63) is 70.8 Å². The van der Waals surface area contributed by atoms with E-state index in [1.807, 2.05) is 48.6 Å². The highest BCUT2D eigenvalue weighted by Gasteiger charge is 1.92. The summed E-state index contributed by atoms with van der Waals surface area (Å²) in [6, 6.07) is 15.1. The lowest BCUT2D eigenvalue weighted by atomic mass is 10.1. The number of rotatable bonds is 4. The molecule has 2 aromatic carbocycles. The van der Waals surface area contributed by atoms with Gasteiger partial charge in [0.05, 0.1) is 6.61 Å². The topological polar surface area (TPSA) is 37.3 Å². The van der Waals surface area contributed by atoms with E-state index in [1.54, 1.807) is 12.1 Å². The maximum absolute atomic E-state index is 10.5. The lowest BCUT2D eigenvalue weighted by Gasteiger charge is -1.97. The van der Waals surface area contributed by atoms with E-state index < -0.39 is 0 Å². The van der Waals surface area contributed by atoms with Crippen LogP contribution in [0.25, 0.3) is 12.2 Å². The van der Waals surface area contributed by atoms with Gasteiger partial charge in [-0.3, -0.25) is 4.79 Å². The van der Waals surface area contributed by atoms with Crippen molar-refractivity contribution in [1.82, 2.24) is 0 Å². The number of benzene rings is 2. The molecule has 90 valence electrons. The summed E-state index contributed by atoms with van der Waals surface area (Å²) in [5.74, 6) is 0. The SMILES string of the molecule is O=Cc1ccc(/C=C/c2ccc(CO)cc2)cc1. The summed E-state index contributed by atoms with van der Waals surface area (Å²) >= 11 is 0. The molecule has 0 aliphatic heterocycles. The minimum absolute atomic E-state index is 0.0666. The molecule has 0 radical (unpaired) electrons. The van der Waals surface area contributed by atoms with Crippen LogP contribution in [0.2, 0.25) is 0 Å². The Kier molecular flexibility index (Phi) is 4.05. The molecule has 0 aliphatic carbocycles. The fourth-order valence-electron chi connectivity index (χ4n) is 1.61. The van der Waals surface area contributed by atoms with Gasteiger partial charge in [-0.05, 0) is 16.7 Å². The molecule has 0 aromatic heterocycles. The summed E-state index contributed by atoms with van der Waals surface area (Å²) in [5, 5.41) is 8.94. The number of carbonyl (C=O) groups is 1. The molecule has 0 amide bonds. The average molecular weight is 238 g/mol. The fraction of sp³-hybridized carbons (Fsp3) is 0.0625. The van der Waals surface area contributed by atoms with Crippen molar-refractivity contribution in [3.63, 3.8) is 0 Å². The molecule has 0 fully saturated rings. The maximum Gasteiger partial charge on any atom is 0.150 e. The van der Waals surface area contributed by atoms with Gasteiger partial charge >= 0.3 is 0 Å². The van der Waals surface area contributed by atoms with Gasteiger partial charge in [0, 0.05) is 5.56 Å². The first-order valence-electron chi connectivity index (χ1n) is 5.75. The van der Waals surface area contributed by atoms with E-state index in [9.17, 15) is 4.79 Å². The van der Waals surface area contributed by atoms with E-state index in [0.29, 0.717) is 5.56 Å². The zero-order chi connectivity index (χ0) is 12.8. The molecule has 0 heterocycles. The van der Waals surface area contributed by atoms with Crippen LogP contribution in [0.3, 0.4) is 0 Å². The number of aldehydes is 1. The molecular weight excluding hydrogens is 224 g/mol. The number of hydrogen-bond donors (Lipinski definition) is 1. The second kappa shape index (κ2) is 5.94. The summed E-state index contributed by atoms with van der Waals surface area (Å²) in [5.41, 5.74) is 3.71. The maximum atomic E-state index is 10.5. The van der Waals surface area contributed by atoms with Crippen LogP contribution < -0.4 is 0 Å². The molecule has 0 saturated heterocycles. The highest BCUT2D eigenvalue weighted by atomic mass is 16.3. The lowest BCUT2D eigenvalue weighted by molar-refractivity contribution is 0.112. The van der Waals surface area contributed by atoms with Crippen molar-refractivity contribution >= 4 is 18.4 Å². The Balaban J connectivity index is 2.10.